The third kappa shape index (κ3) is 5.41. The first kappa shape index (κ1) is 25.0. The highest BCUT2D eigenvalue weighted by Gasteiger charge is 2.40. The Labute approximate surface area is 209 Å². The molecule has 4 rings (SSSR count). The van der Waals surface area contributed by atoms with E-state index < -0.39 is 28.6 Å². The Hall–Kier alpha value is -4.11. The Bertz CT molecular complexity index is 1380. The number of nitrogens with zero attached hydrogens (tertiary/aromatic N) is 1. The zero-order chi connectivity index (χ0) is 26.0. The van der Waals surface area contributed by atoms with E-state index in [1.807, 2.05) is 25.1 Å². The molecule has 0 atom stereocenters. The molecule has 0 aliphatic carbocycles. The first-order valence-electron chi connectivity index (χ1n) is 10.7. The van der Waals surface area contributed by atoms with Crippen LogP contribution in [0.5, 0.6) is 0 Å². The molecule has 6 nitrogen and oxygen atoms in total. The summed E-state index contributed by atoms with van der Waals surface area (Å²) >= 11 is 6.07. The van der Waals surface area contributed by atoms with Gasteiger partial charge in [0.2, 0.25) is 5.91 Å². The van der Waals surface area contributed by atoms with Crippen molar-refractivity contribution in [3.63, 3.8) is 0 Å². The van der Waals surface area contributed by atoms with Gasteiger partial charge in [-0.2, -0.15) is 13.2 Å². The molecule has 1 aliphatic rings. The van der Waals surface area contributed by atoms with E-state index in [1.54, 1.807) is 30.3 Å². The number of anilines is 3. The molecule has 0 unspecified atom stereocenters. The average Bonchev–Trinajstić information content (AvgIpc) is 3.03. The number of hydrogen-bond acceptors (Lipinski definition) is 4. The van der Waals surface area contributed by atoms with Crippen LogP contribution in [0.2, 0.25) is 0 Å². The summed E-state index contributed by atoms with van der Waals surface area (Å²) in [7, 11) is 0. The van der Waals surface area contributed by atoms with E-state index in [-0.39, 0.29) is 23.7 Å². The van der Waals surface area contributed by atoms with Gasteiger partial charge in [-0.1, -0.05) is 41.9 Å². The fourth-order valence-corrected chi connectivity index (χ4v) is 3.84. The molecular formula is C26H19ClF3N3O3. The van der Waals surface area contributed by atoms with Crippen LogP contribution in [0.25, 0.3) is 0 Å². The minimum Gasteiger partial charge on any atom is -0.350 e. The summed E-state index contributed by atoms with van der Waals surface area (Å²) in [4.78, 5) is 38.4. The summed E-state index contributed by atoms with van der Waals surface area (Å²) in [5.41, 5.74) is 1.30. The second-order valence-corrected chi connectivity index (χ2v) is 8.48. The lowest BCUT2D eigenvalue weighted by atomic mass is 10.1. The average molecular weight is 514 g/mol. The van der Waals surface area contributed by atoms with Crippen molar-refractivity contribution >= 4 is 46.4 Å². The second kappa shape index (κ2) is 9.87. The lowest BCUT2D eigenvalue weighted by Gasteiger charge is -2.17. The molecule has 0 aromatic heterocycles. The van der Waals surface area contributed by atoms with Gasteiger partial charge in [-0.3, -0.25) is 14.4 Å². The molecule has 0 radical (unpaired) electrons. The molecule has 2 N–H and O–H groups in total. The van der Waals surface area contributed by atoms with E-state index in [4.69, 9.17) is 11.6 Å². The summed E-state index contributed by atoms with van der Waals surface area (Å²) in [6.45, 7) is 1.92. The maximum Gasteiger partial charge on any atom is 0.416 e. The van der Waals surface area contributed by atoms with Crippen molar-refractivity contribution in [3.8, 4) is 0 Å². The number of halogens is 4. The zero-order valence-corrected chi connectivity index (χ0v) is 19.6. The second-order valence-electron chi connectivity index (χ2n) is 8.10. The molecule has 184 valence electrons. The van der Waals surface area contributed by atoms with Crippen LogP contribution in [0.15, 0.2) is 83.5 Å². The SMILES string of the molecule is Cc1cccc(NC(=O)Cc2ccc(NC3=C(Cl)C(=O)N(c4cccc(C(F)(F)F)c4)C3=O)cc2)c1. The maximum absolute atomic E-state index is 13.1. The number of hydrogen-bond donors (Lipinski definition) is 2. The molecular weight excluding hydrogens is 495 g/mol. The van der Waals surface area contributed by atoms with Gasteiger partial charge < -0.3 is 10.6 Å². The minimum absolute atomic E-state index is 0.110. The number of imide groups is 1. The van der Waals surface area contributed by atoms with Gasteiger partial charge >= 0.3 is 6.18 Å². The van der Waals surface area contributed by atoms with E-state index >= 15 is 0 Å². The van der Waals surface area contributed by atoms with Gasteiger partial charge in [-0.05, 0) is 60.5 Å². The number of nitrogens with one attached hydrogen (secondary N) is 2. The molecule has 1 aliphatic heterocycles. The summed E-state index contributed by atoms with van der Waals surface area (Å²) in [5.74, 6) is -2.03. The Kier molecular flexibility index (Phi) is 6.85. The molecule has 0 spiro atoms. The van der Waals surface area contributed by atoms with Crippen LogP contribution in [0.4, 0.5) is 30.2 Å². The molecule has 0 saturated carbocycles. The predicted molar refractivity (Wildman–Crippen MR) is 130 cm³/mol. The van der Waals surface area contributed by atoms with Gasteiger partial charge in [-0.15, -0.1) is 0 Å². The Morgan fingerprint density at radius 3 is 2.28 bits per heavy atom. The number of alkyl halides is 3. The smallest absolute Gasteiger partial charge is 0.350 e. The molecule has 0 saturated heterocycles. The van der Waals surface area contributed by atoms with Crippen LogP contribution in [-0.2, 0) is 27.0 Å². The van der Waals surface area contributed by atoms with Crippen molar-refractivity contribution in [1.82, 2.24) is 0 Å². The lowest BCUT2D eigenvalue weighted by Crippen LogP contribution is -2.32. The van der Waals surface area contributed by atoms with E-state index in [9.17, 15) is 27.6 Å². The molecule has 1 heterocycles. The predicted octanol–water partition coefficient (Wildman–Crippen LogP) is 5.63. The van der Waals surface area contributed by atoms with E-state index in [2.05, 4.69) is 10.6 Å². The fourth-order valence-electron chi connectivity index (χ4n) is 3.63. The van der Waals surface area contributed by atoms with Gasteiger partial charge in [-0.25, -0.2) is 4.90 Å². The number of carbonyl (C=O) groups excluding carboxylic acids is 3. The van der Waals surface area contributed by atoms with Gasteiger partial charge in [0.05, 0.1) is 17.7 Å². The summed E-state index contributed by atoms with van der Waals surface area (Å²) in [6.07, 6.45) is -4.53. The Morgan fingerprint density at radius 2 is 1.61 bits per heavy atom. The maximum atomic E-state index is 13.1. The van der Waals surface area contributed by atoms with Gasteiger partial charge in [0.25, 0.3) is 11.8 Å². The van der Waals surface area contributed by atoms with E-state index in [0.29, 0.717) is 27.9 Å². The number of aryl methyl sites for hydroxylation is 1. The normalized spacial score (nSPS) is 13.9. The third-order valence-electron chi connectivity index (χ3n) is 5.35. The zero-order valence-electron chi connectivity index (χ0n) is 18.8. The van der Waals surface area contributed by atoms with Crippen molar-refractivity contribution in [2.75, 3.05) is 15.5 Å². The van der Waals surface area contributed by atoms with Crippen LogP contribution in [0.1, 0.15) is 16.7 Å². The highest BCUT2D eigenvalue weighted by molar-refractivity contribution is 6.53. The minimum atomic E-state index is -4.64. The molecule has 36 heavy (non-hydrogen) atoms. The first-order valence-corrected chi connectivity index (χ1v) is 11.1. The highest BCUT2D eigenvalue weighted by Crippen LogP contribution is 2.35. The molecule has 3 aromatic carbocycles. The van der Waals surface area contributed by atoms with Crippen molar-refractivity contribution in [2.24, 2.45) is 0 Å². The first-order chi connectivity index (χ1) is 17.0. The standard InChI is InChI=1S/C26H19ClF3N3O3/c1-15-4-2-6-19(12-15)31-21(34)13-16-8-10-18(11-9-16)32-23-22(27)24(35)33(25(23)36)20-7-3-5-17(14-20)26(28,29)30/h2-12,14,32H,13H2,1H3,(H,31,34). The van der Waals surface area contributed by atoms with Crippen molar-refractivity contribution in [3.05, 3.63) is 100 Å². The van der Waals surface area contributed by atoms with Crippen LogP contribution >= 0.6 is 11.6 Å². The van der Waals surface area contributed by atoms with Crippen LogP contribution in [0.3, 0.4) is 0 Å². The quantitative estimate of drug-likeness (QED) is 0.419. The molecule has 3 amide bonds. The number of carbonyl (C=O) groups is 3. The van der Waals surface area contributed by atoms with Crippen molar-refractivity contribution in [1.29, 1.82) is 0 Å². The van der Waals surface area contributed by atoms with Crippen LogP contribution in [-0.4, -0.2) is 17.7 Å². The van der Waals surface area contributed by atoms with Gasteiger partial charge in [0.1, 0.15) is 10.7 Å². The largest absolute Gasteiger partial charge is 0.416 e. The summed E-state index contributed by atoms with van der Waals surface area (Å²) in [6, 6.07) is 17.8. The molecule has 0 fully saturated rings. The molecule has 0 bridgehead atoms. The third-order valence-corrected chi connectivity index (χ3v) is 5.70. The molecule has 3 aromatic rings. The lowest BCUT2D eigenvalue weighted by molar-refractivity contribution is -0.137. The van der Waals surface area contributed by atoms with Crippen molar-refractivity contribution in [2.45, 2.75) is 19.5 Å². The monoisotopic (exact) mass is 513 g/mol. The topological polar surface area (TPSA) is 78.5 Å². The van der Waals surface area contributed by atoms with E-state index in [1.165, 1.54) is 6.07 Å². The van der Waals surface area contributed by atoms with Gasteiger partial charge in [0.15, 0.2) is 0 Å². The van der Waals surface area contributed by atoms with Crippen LogP contribution < -0.4 is 15.5 Å². The van der Waals surface area contributed by atoms with Crippen LogP contribution in [0, 0.1) is 6.92 Å². The molecule has 10 heteroatoms. The van der Waals surface area contributed by atoms with E-state index in [0.717, 1.165) is 17.7 Å². The Balaban J connectivity index is 1.44. The van der Waals surface area contributed by atoms with Crippen molar-refractivity contribution < 1.29 is 27.6 Å². The fraction of sp³-hybridized carbons (Fsp3) is 0.115. The summed E-state index contributed by atoms with van der Waals surface area (Å²) < 4.78 is 39.2. The number of amides is 3. The Morgan fingerprint density at radius 1 is 0.917 bits per heavy atom. The summed E-state index contributed by atoms with van der Waals surface area (Å²) in [5, 5.41) is 5.13. The number of rotatable bonds is 6. The highest BCUT2D eigenvalue weighted by atomic mass is 35.5. The van der Waals surface area contributed by atoms with Gasteiger partial charge in [0, 0.05) is 11.4 Å². The number of benzene rings is 3.